The molecule has 104 valence electrons. The lowest BCUT2D eigenvalue weighted by Gasteiger charge is -2.55. The highest BCUT2D eigenvalue weighted by Gasteiger charge is 2.48. The molecule has 1 aromatic heterocycles. The predicted molar refractivity (Wildman–Crippen MR) is 73.1 cm³/mol. The molecule has 0 saturated heterocycles. The number of aryl methyl sites for hydroxylation is 1. The summed E-state index contributed by atoms with van der Waals surface area (Å²) in [5.41, 5.74) is 6.40. The van der Waals surface area contributed by atoms with Gasteiger partial charge in [-0.15, -0.1) is 0 Å². The first kappa shape index (κ1) is 11.9. The van der Waals surface area contributed by atoms with Crippen molar-refractivity contribution in [2.24, 2.45) is 42.4 Å². The molecule has 0 radical (unpaired) electrons. The summed E-state index contributed by atoms with van der Waals surface area (Å²) in [5, 5.41) is 4.15. The minimum absolute atomic E-state index is 0.0648. The first-order valence-corrected chi connectivity index (χ1v) is 7.80. The van der Waals surface area contributed by atoms with E-state index in [9.17, 15) is 0 Å². The van der Waals surface area contributed by atoms with Crippen LogP contribution in [0.25, 0.3) is 0 Å². The van der Waals surface area contributed by atoms with Gasteiger partial charge in [0.05, 0.1) is 6.04 Å². The summed E-state index contributed by atoms with van der Waals surface area (Å²) in [6.45, 7) is 0. The van der Waals surface area contributed by atoms with Crippen LogP contribution in [0.5, 0.6) is 0 Å². The minimum atomic E-state index is 0.0648. The van der Waals surface area contributed by atoms with Crippen LogP contribution < -0.4 is 5.73 Å². The molecule has 4 heteroatoms. The molecule has 0 spiro atoms. The van der Waals surface area contributed by atoms with Crippen LogP contribution >= 0.6 is 0 Å². The van der Waals surface area contributed by atoms with Crippen molar-refractivity contribution in [3.8, 4) is 0 Å². The van der Waals surface area contributed by atoms with Gasteiger partial charge in [0.2, 0.25) is 0 Å². The van der Waals surface area contributed by atoms with Crippen molar-refractivity contribution in [2.75, 3.05) is 0 Å². The Balaban J connectivity index is 1.50. The predicted octanol–water partition coefficient (Wildman–Crippen LogP) is 2.28. The van der Waals surface area contributed by atoms with Crippen molar-refractivity contribution in [3.63, 3.8) is 0 Å². The summed E-state index contributed by atoms with van der Waals surface area (Å²) >= 11 is 0. The van der Waals surface area contributed by atoms with Gasteiger partial charge in [0.25, 0.3) is 0 Å². The van der Waals surface area contributed by atoms with Crippen molar-refractivity contribution in [2.45, 2.75) is 44.6 Å². The largest absolute Gasteiger partial charge is 0.321 e. The second-order valence-electron chi connectivity index (χ2n) is 7.18. The van der Waals surface area contributed by atoms with Gasteiger partial charge in [-0.3, -0.25) is 4.68 Å². The second kappa shape index (κ2) is 4.30. The van der Waals surface area contributed by atoms with Crippen LogP contribution in [0.2, 0.25) is 0 Å². The Hall–Kier alpha value is -0.900. The molecule has 4 bridgehead atoms. The zero-order valence-corrected chi connectivity index (χ0v) is 11.7. The Morgan fingerprint density at radius 1 is 1.21 bits per heavy atom. The molecule has 4 saturated carbocycles. The van der Waals surface area contributed by atoms with E-state index in [2.05, 4.69) is 10.1 Å². The van der Waals surface area contributed by atoms with E-state index in [-0.39, 0.29) is 6.04 Å². The van der Waals surface area contributed by atoms with Crippen LogP contribution in [0.15, 0.2) is 6.33 Å². The Bertz CT molecular complexity index is 438. The van der Waals surface area contributed by atoms with E-state index in [1.165, 1.54) is 32.1 Å². The highest BCUT2D eigenvalue weighted by atomic mass is 15.3. The summed E-state index contributed by atoms with van der Waals surface area (Å²) in [5.74, 6) is 5.80. The SMILES string of the molecule is Cn1ncnc1C(N)CC1C2CC3CC(C2)CC1C3. The van der Waals surface area contributed by atoms with Gasteiger partial charge >= 0.3 is 0 Å². The smallest absolute Gasteiger partial charge is 0.143 e. The summed E-state index contributed by atoms with van der Waals surface area (Å²) in [6, 6.07) is 0.0648. The molecule has 19 heavy (non-hydrogen) atoms. The zero-order chi connectivity index (χ0) is 13.0. The Labute approximate surface area is 114 Å². The molecular weight excluding hydrogens is 236 g/mol. The molecule has 4 aliphatic rings. The van der Waals surface area contributed by atoms with Crippen LogP contribution in [0.3, 0.4) is 0 Å². The summed E-state index contributed by atoms with van der Waals surface area (Å²) in [6.07, 6.45) is 10.2. The molecule has 1 atom stereocenters. The van der Waals surface area contributed by atoms with Crippen molar-refractivity contribution < 1.29 is 0 Å². The Morgan fingerprint density at radius 2 is 1.84 bits per heavy atom. The lowest BCUT2D eigenvalue weighted by Crippen LogP contribution is -2.46. The van der Waals surface area contributed by atoms with Crippen molar-refractivity contribution >= 4 is 0 Å². The molecule has 4 fully saturated rings. The van der Waals surface area contributed by atoms with E-state index in [4.69, 9.17) is 5.73 Å². The second-order valence-corrected chi connectivity index (χ2v) is 7.18. The lowest BCUT2D eigenvalue weighted by molar-refractivity contribution is -0.0424. The fourth-order valence-corrected chi connectivity index (χ4v) is 5.46. The van der Waals surface area contributed by atoms with Crippen LogP contribution in [-0.4, -0.2) is 14.8 Å². The fraction of sp³-hybridized carbons (Fsp3) is 0.867. The lowest BCUT2D eigenvalue weighted by atomic mass is 9.51. The first-order chi connectivity index (χ1) is 9.20. The molecule has 1 unspecified atom stereocenters. The molecule has 0 aliphatic heterocycles. The number of hydrogen-bond donors (Lipinski definition) is 1. The maximum Gasteiger partial charge on any atom is 0.143 e. The van der Waals surface area contributed by atoms with Crippen molar-refractivity contribution in [1.82, 2.24) is 14.8 Å². The highest BCUT2D eigenvalue weighted by molar-refractivity contribution is 5.01. The van der Waals surface area contributed by atoms with Gasteiger partial charge in [0.1, 0.15) is 12.2 Å². The highest BCUT2D eigenvalue weighted by Crippen LogP contribution is 2.57. The van der Waals surface area contributed by atoms with Crippen molar-refractivity contribution in [3.05, 3.63) is 12.2 Å². The first-order valence-electron chi connectivity index (χ1n) is 7.80. The summed E-state index contributed by atoms with van der Waals surface area (Å²) < 4.78 is 1.83. The molecule has 5 rings (SSSR count). The monoisotopic (exact) mass is 260 g/mol. The molecule has 0 aromatic carbocycles. The molecule has 0 amide bonds. The van der Waals surface area contributed by atoms with Crippen LogP contribution in [0.1, 0.15) is 50.4 Å². The third-order valence-corrected chi connectivity index (χ3v) is 6.03. The third-order valence-electron chi connectivity index (χ3n) is 6.03. The van der Waals surface area contributed by atoms with E-state index in [1.807, 2.05) is 11.7 Å². The van der Waals surface area contributed by atoms with Crippen LogP contribution in [0.4, 0.5) is 0 Å². The van der Waals surface area contributed by atoms with Crippen molar-refractivity contribution in [1.29, 1.82) is 0 Å². The van der Waals surface area contributed by atoms with Gasteiger partial charge < -0.3 is 5.73 Å². The zero-order valence-electron chi connectivity index (χ0n) is 11.7. The van der Waals surface area contributed by atoms with E-state index in [1.54, 1.807) is 6.33 Å². The van der Waals surface area contributed by atoms with E-state index in [0.717, 1.165) is 41.8 Å². The number of hydrogen-bond acceptors (Lipinski definition) is 3. The summed E-state index contributed by atoms with van der Waals surface area (Å²) in [7, 11) is 1.94. The topological polar surface area (TPSA) is 56.7 Å². The number of nitrogens with zero attached hydrogens (tertiary/aromatic N) is 3. The van der Waals surface area contributed by atoms with Gasteiger partial charge in [0, 0.05) is 7.05 Å². The van der Waals surface area contributed by atoms with Gasteiger partial charge in [-0.1, -0.05) is 0 Å². The average Bonchev–Trinajstić information content (AvgIpc) is 2.79. The maximum atomic E-state index is 6.40. The van der Waals surface area contributed by atoms with E-state index >= 15 is 0 Å². The molecule has 4 nitrogen and oxygen atoms in total. The summed E-state index contributed by atoms with van der Waals surface area (Å²) in [4.78, 5) is 4.33. The maximum absolute atomic E-state index is 6.40. The molecular formula is C15H24N4. The third kappa shape index (κ3) is 1.92. The number of aromatic nitrogens is 3. The Kier molecular flexibility index (Phi) is 2.69. The van der Waals surface area contributed by atoms with E-state index < -0.39 is 0 Å². The Morgan fingerprint density at radius 3 is 2.37 bits per heavy atom. The molecule has 1 heterocycles. The standard InChI is InChI=1S/C15H24N4/c1-19-15(17-8-18-19)14(16)7-13-11-3-9-2-10(5-11)6-12(13)4-9/h8-14H,2-7,16H2,1H3. The molecule has 1 aromatic rings. The van der Waals surface area contributed by atoms with Gasteiger partial charge in [-0.25, -0.2) is 4.98 Å². The van der Waals surface area contributed by atoms with Gasteiger partial charge in [0.15, 0.2) is 0 Å². The van der Waals surface area contributed by atoms with Crippen LogP contribution in [0, 0.1) is 29.6 Å². The number of rotatable bonds is 3. The van der Waals surface area contributed by atoms with Gasteiger partial charge in [-0.05, 0) is 68.1 Å². The van der Waals surface area contributed by atoms with E-state index in [0.29, 0.717) is 0 Å². The fourth-order valence-electron chi connectivity index (χ4n) is 5.46. The molecule has 4 aliphatic carbocycles. The van der Waals surface area contributed by atoms with Crippen LogP contribution in [-0.2, 0) is 7.05 Å². The molecule has 2 N–H and O–H groups in total. The quantitative estimate of drug-likeness (QED) is 0.907. The van der Waals surface area contributed by atoms with Gasteiger partial charge in [-0.2, -0.15) is 5.10 Å². The average molecular weight is 260 g/mol. The number of nitrogens with two attached hydrogens (primary N) is 1. The normalized spacial score (nSPS) is 41.7. The minimum Gasteiger partial charge on any atom is -0.321 e.